The number of carbonyl (C=O) groups excluding carboxylic acids is 2. The van der Waals surface area contributed by atoms with Gasteiger partial charge in [-0.2, -0.15) is 0 Å². The van der Waals surface area contributed by atoms with Crippen molar-refractivity contribution in [3.05, 3.63) is 182 Å². The fourth-order valence-corrected chi connectivity index (χ4v) is 7.83. The normalized spacial score (nSPS) is 14.0. The number of likely N-dealkylation sites (N-methyl/N-ethyl adjacent to an activating group) is 1. The van der Waals surface area contributed by atoms with Crippen molar-refractivity contribution in [1.29, 1.82) is 0 Å². The van der Waals surface area contributed by atoms with Crippen LogP contribution in [0, 0.1) is 0 Å². The van der Waals surface area contributed by atoms with E-state index >= 15 is 0 Å². The molecular formula is C74H116NO8+. The van der Waals surface area contributed by atoms with Crippen molar-refractivity contribution in [3.8, 4) is 0 Å². The van der Waals surface area contributed by atoms with E-state index in [0.717, 1.165) is 141 Å². The lowest BCUT2D eigenvalue weighted by atomic mass is 10.1. The van der Waals surface area contributed by atoms with E-state index in [2.05, 4.69) is 196 Å². The summed E-state index contributed by atoms with van der Waals surface area (Å²) in [6, 6.07) is 0. The van der Waals surface area contributed by atoms with Crippen LogP contribution in [-0.4, -0.2) is 87.4 Å². The number of carboxylic acids is 1. The lowest BCUT2D eigenvalue weighted by Gasteiger charge is -2.25. The van der Waals surface area contributed by atoms with Gasteiger partial charge in [0.2, 0.25) is 0 Å². The van der Waals surface area contributed by atoms with E-state index in [1.807, 2.05) is 21.1 Å². The molecule has 0 fully saturated rings. The number of unbranched alkanes of at least 4 members (excludes halogenated alkanes) is 11. The largest absolute Gasteiger partial charge is 0.477 e. The van der Waals surface area contributed by atoms with Crippen LogP contribution in [0.2, 0.25) is 0 Å². The van der Waals surface area contributed by atoms with Gasteiger partial charge in [0.15, 0.2) is 6.10 Å². The minimum atomic E-state index is -1.54. The van der Waals surface area contributed by atoms with E-state index in [0.29, 0.717) is 17.4 Å². The molecule has 2 atom stereocenters. The fraction of sp³-hybridized carbons (Fsp3) is 0.554. The predicted molar refractivity (Wildman–Crippen MR) is 354 cm³/mol. The molecule has 0 aromatic rings. The number of hydrogen-bond donors (Lipinski definition) is 1. The number of ether oxygens (including phenoxy) is 4. The van der Waals surface area contributed by atoms with Crippen molar-refractivity contribution in [2.75, 3.05) is 47.5 Å². The van der Waals surface area contributed by atoms with Crippen LogP contribution in [0.5, 0.6) is 0 Å². The van der Waals surface area contributed by atoms with Crippen molar-refractivity contribution in [1.82, 2.24) is 0 Å². The molecular weight excluding hydrogens is 1030 g/mol. The molecule has 0 aliphatic heterocycles. The van der Waals surface area contributed by atoms with Gasteiger partial charge in [-0.3, -0.25) is 9.59 Å². The Morgan fingerprint density at radius 3 is 0.988 bits per heavy atom. The molecule has 0 aliphatic carbocycles. The molecule has 1 N–H and O–H groups in total. The molecule has 0 aromatic heterocycles. The maximum atomic E-state index is 12.9. The van der Waals surface area contributed by atoms with Crippen LogP contribution in [0.25, 0.3) is 0 Å². The maximum absolute atomic E-state index is 12.9. The summed E-state index contributed by atoms with van der Waals surface area (Å²) in [5, 5.41) is 9.73. The first-order chi connectivity index (χ1) is 40.6. The summed E-state index contributed by atoms with van der Waals surface area (Å²) >= 11 is 0. The van der Waals surface area contributed by atoms with Gasteiger partial charge in [-0.15, -0.1) is 0 Å². The van der Waals surface area contributed by atoms with Crippen LogP contribution >= 0.6 is 0 Å². The molecule has 0 spiro atoms. The minimum Gasteiger partial charge on any atom is -0.477 e. The SMILES string of the molecule is CC/C=C\C/C=C\C/C=C\C/C=C\C/C=C\C/C=C\C/C=C\C/C=C\C/C=C\C/C=C\CCCCC(=O)OC(COC(=O)CCCCCCCCCCC/C=C\C/C=C\C/C=C\C/C=C\C/C=C\CC)COC(OCC[N+](C)(C)C)C(=O)O. The Balaban J connectivity index is 4.36. The molecule has 0 saturated carbocycles. The first kappa shape index (κ1) is 77.4. The van der Waals surface area contributed by atoms with Crippen LogP contribution < -0.4 is 0 Å². The zero-order valence-electron chi connectivity index (χ0n) is 52.8. The Morgan fingerprint density at radius 2 is 0.651 bits per heavy atom. The maximum Gasteiger partial charge on any atom is 0.361 e. The van der Waals surface area contributed by atoms with Gasteiger partial charge in [-0.1, -0.05) is 241 Å². The summed E-state index contributed by atoms with van der Waals surface area (Å²) < 4.78 is 22.8. The number of hydrogen-bond acceptors (Lipinski definition) is 7. The third kappa shape index (κ3) is 63.8. The molecule has 0 amide bonds. The number of quaternary nitrogens is 1. The van der Waals surface area contributed by atoms with E-state index < -0.39 is 24.3 Å². The van der Waals surface area contributed by atoms with Gasteiger partial charge in [-0.25, -0.2) is 4.79 Å². The first-order valence-corrected chi connectivity index (χ1v) is 31.9. The number of nitrogens with zero attached hydrogens (tertiary/aromatic N) is 1. The molecule has 9 heteroatoms. The number of allylic oxidation sites excluding steroid dienone is 30. The molecule has 83 heavy (non-hydrogen) atoms. The van der Waals surface area contributed by atoms with Gasteiger partial charge in [0.1, 0.15) is 13.2 Å². The Morgan fingerprint density at radius 1 is 0.361 bits per heavy atom. The standard InChI is InChI=1S/C74H115NO8/c1-6-8-10-12-14-16-18-20-22-24-26-28-30-32-33-34-35-36-37-38-39-41-43-45-47-49-51-53-55-57-59-61-63-65-72(77)83-70(69-82-74(73(78)79)80-67-66-75(3,4)5)68-81-71(76)64-62-60-58-56-54-52-50-48-46-44-42-40-31-29-27-25-23-21-19-17-15-13-11-9-7-2/h8-11,14-17,20-23,26-29,32-33,35-36,38-40,42-43,45,49,51,55,57,70,74H,6-7,12-13,18-19,24-25,30-31,34,37,41,44,46-48,50,52-54,56,58-69H2,1-5H3/p+1/b10-8-,11-9-,16-14-,17-15-,22-20-,23-21-,28-26-,29-27-,33-32-,36-35-,39-38-,42-40-,45-43-,51-49-,57-55-. The molecule has 464 valence electrons. The van der Waals surface area contributed by atoms with Gasteiger partial charge in [0.05, 0.1) is 34.4 Å². The topological polar surface area (TPSA) is 108 Å². The van der Waals surface area contributed by atoms with Crippen molar-refractivity contribution in [2.45, 2.75) is 219 Å². The summed E-state index contributed by atoms with van der Waals surface area (Å²) in [6.07, 6.45) is 92.7. The van der Waals surface area contributed by atoms with Crippen molar-refractivity contribution >= 4 is 17.9 Å². The van der Waals surface area contributed by atoms with Crippen molar-refractivity contribution < 1.29 is 42.9 Å². The quantitative estimate of drug-likeness (QED) is 0.0211. The molecule has 2 unspecified atom stereocenters. The monoisotopic (exact) mass is 1150 g/mol. The van der Waals surface area contributed by atoms with E-state index in [-0.39, 0.29) is 38.6 Å². The highest BCUT2D eigenvalue weighted by Gasteiger charge is 2.25. The number of carboxylic acid groups (broad SMARTS) is 1. The van der Waals surface area contributed by atoms with E-state index in [9.17, 15) is 19.5 Å². The van der Waals surface area contributed by atoms with Crippen LogP contribution in [0.15, 0.2) is 182 Å². The number of aliphatic carboxylic acids is 1. The molecule has 0 heterocycles. The van der Waals surface area contributed by atoms with Crippen LogP contribution in [0.4, 0.5) is 0 Å². The van der Waals surface area contributed by atoms with E-state index in [4.69, 9.17) is 18.9 Å². The Hall–Kier alpha value is -5.61. The zero-order chi connectivity index (χ0) is 60.5. The summed E-state index contributed by atoms with van der Waals surface area (Å²) in [4.78, 5) is 37.5. The Kier molecular flexibility index (Phi) is 58.2. The Labute approximate surface area is 507 Å². The van der Waals surface area contributed by atoms with E-state index in [1.54, 1.807) is 0 Å². The van der Waals surface area contributed by atoms with Gasteiger partial charge in [-0.05, 0) is 135 Å². The highest BCUT2D eigenvalue weighted by molar-refractivity contribution is 5.71. The second-order valence-electron chi connectivity index (χ2n) is 21.6. The first-order valence-electron chi connectivity index (χ1n) is 31.9. The molecule has 9 nitrogen and oxygen atoms in total. The van der Waals surface area contributed by atoms with Crippen LogP contribution in [-0.2, 0) is 33.3 Å². The second-order valence-corrected chi connectivity index (χ2v) is 21.6. The van der Waals surface area contributed by atoms with Gasteiger partial charge >= 0.3 is 17.9 Å². The van der Waals surface area contributed by atoms with Gasteiger partial charge < -0.3 is 28.5 Å². The van der Waals surface area contributed by atoms with Crippen molar-refractivity contribution in [2.24, 2.45) is 0 Å². The average molecular weight is 1150 g/mol. The van der Waals surface area contributed by atoms with Gasteiger partial charge in [0, 0.05) is 12.8 Å². The van der Waals surface area contributed by atoms with Crippen LogP contribution in [0.1, 0.15) is 206 Å². The summed E-state index contributed by atoms with van der Waals surface area (Å²) in [5.74, 6) is -2.10. The number of carbonyl (C=O) groups is 3. The lowest BCUT2D eigenvalue weighted by Crippen LogP contribution is -2.40. The third-order valence-electron chi connectivity index (χ3n) is 12.7. The molecule has 0 saturated heterocycles. The van der Waals surface area contributed by atoms with Crippen LogP contribution in [0.3, 0.4) is 0 Å². The highest BCUT2D eigenvalue weighted by Crippen LogP contribution is 2.14. The summed E-state index contributed by atoms with van der Waals surface area (Å²) in [7, 11) is 5.94. The van der Waals surface area contributed by atoms with Gasteiger partial charge in [0.25, 0.3) is 6.29 Å². The number of esters is 2. The Bertz CT molecular complexity index is 2010. The molecule has 0 rings (SSSR count). The molecule has 0 bridgehead atoms. The fourth-order valence-electron chi connectivity index (χ4n) is 7.83. The lowest BCUT2D eigenvalue weighted by molar-refractivity contribution is -0.870. The summed E-state index contributed by atoms with van der Waals surface area (Å²) in [6.45, 7) is 4.56. The molecule has 0 aliphatic rings. The molecule has 0 radical (unpaired) electrons. The second kappa shape index (κ2) is 62.4. The van der Waals surface area contributed by atoms with E-state index in [1.165, 1.54) is 32.1 Å². The molecule has 0 aromatic carbocycles. The summed E-state index contributed by atoms with van der Waals surface area (Å²) in [5.41, 5.74) is 0. The van der Waals surface area contributed by atoms with Crippen molar-refractivity contribution in [3.63, 3.8) is 0 Å². The number of rotatable bonds is 56. The average Bonchev–Trinajstić information content (AvgIpc) is 3.46. The predicted octanol–water partition coefficient (Wildman–Crippen LogP) is 19.7. The minimum absolute atomic E-state index is 0.167. The smallest absolute Gasteiger partial charge is 0.361 e. The zero-order valence-corrected chi connectivity index (χ0v) is 52.8. The third-order valence-corrected chi connectivity index (χ3v) is 12.7. The highest BCUT2D eigenvalue weighted by atomic mass is 16.7.